The molecule has 1 N–H and O–H groups in total. The summed E-state index contributed by atoms with van der Waals surface area (Å²) in [4.78, 5) is 36.7. The van der Waals surface area contributed by atoms with E-state index >= 15 is 0 Å². The van der Waals surface area contributed by atoms with Crippen LogP contribution in [0.5, 0.6) is 5.75 Å². The van der Waals surface area contributed by atoms with Crippen LogP contribution < -0.4 is 4.84 Å². The molecule has 0 heterocycles. The number of hydrogen-bond donors (Lipinski definition) is 1. The third kappa shape index (κ3) is 3.72. The largest absolute Gasteiger partial charge is 0.478 e. The van der Waals surface area contributed by atoms with Gasteiger partial charge >= 0.3 is 11.7 Å². The van der Waals surface area contributed by atoms with E-state index in [2.05, 4.69) is 10.4 Å². The molecular weight excluding hydrogens is 372 g/mol. The number of carboxylic acids is 1. The number of non-ortho nitro benzene ring substituents is 1. The van der Waals surface area contributed by atoms with E-state index in [1.54, 1.807) is 24.3 Å². The van der Waals surface area contributed by atoms with Crippen molar-refractivity contribution in [3.05, 3.63) is 80.4 Å². The van der Waals surface area contributed by atoms with Crippen molar-refractivity contribution < 1.29 is 24.6 Å². The third-order valence-electron chi connectivity index (χ3n) is 3.73. The standard InChI is InChI=1S/C17H10N4O7/c22-17(23)13-7-10-3-1-2-4-11(10)8-16(13)28-19-18-14-6-5-12(20(24)25)9-15(14)21(26)27/h1-9H,(H,22,23). The topological polar surface area (TPSA) is 158 Å². The summed E-state index contributed by atoms with van der Waals surface area (Å²) < 4.78 is 0. The van der Waals surface area contributed by atoms with Crippen LogP contribution in [0, 0.1) is 20.2 Å². The zero-order chi connectivity index (χ0) is 20.3. The SMILES string of the molecule is O=C(O)c1cc2ccccc2cc1ON=Nc1ccc([N+](=O)[O-])cc1[N+](=O)[O-]. The molecule has 0 atom stereocenters. The fraction of sp³-hybridized carbons (Fsp3) is 0. The lowest BCUT2D eigenvalue weighted by Gasteiger charge is -2.05. The Kier molecular flexibility index (Phi) is 4.89. The number of nitro groups is 2. The van der Waals surface area contributed by atoms with Gasteiger partial charge in [0, 0.05) is 11.3 Å². The summed E-state index contributed by atoms with van der Waals surface area (Å²) in [6.45, 7) is 0. The average molecular weight is 382 g/mol. The van der Waals surface area contributed by atoms with Crippen LogP contribution in [-0.2, 0) is 0 Å². The lowest BCUT2D eigenvalue weighted by atomic mass is 10.1. The van der Waals surface area contributed by atoms with Gasteiger partial charge < -0.3 is 9.94 Å². The van der Waals surface area contributed by atoms with Crippen LogP contribution in [0.4, 0.5) is 17.1 Å². The second-order valence-electron chi connectivity index (χ2n) is 5.46. The lowest BCUT2D eigenvalue weighted by molar-refractivity contribution is -0.393. The maximum absolute atomic E-state index is 11.4. The predicted octanol–water partition coefficient (Wildman–Crippen LogP) is 4.43. The Morgan fingerprint density at radius 1 is 0.964 bits per heavy atom. The third-order valence-corrected chi connectivity index (χ3v) is 3.73. The highest BCUT2D eigenvalue weighted by Crippen LogP contribution is 2.32. The molecule has 140 valence electrons. The highest BCUT2D eigenvalue weighted by molar-refractivity contribution is 5.97. The number of fused-ring (bicyclic) bond motifs is 1. The van der Waals surface area contributed by atoms with Crippen molar-refractivity contribution in [1.82, 2.24) is 0 Å². The van der Waals surface area contributed by atoms with E-state index in [-0.39, 0.29) is 17.0 Å². The predicted molar refractivity (Wildman–Crippen MR) is 95.8 cm³/mol. The zero-order valence-corrected chi connectivity index (χ0v) is 13.9. The number of rotatable bonds is 6. The van der Waals surface area contributed by atoms with Gasteiger partial charge in [0.15, 0.2) is 11.4 Å². The quantitative estimate of drug-likeness (QED) is 0.375. The fourth-order valence-corrected chi connectivity index (χ4v) is 2.43. The Balaban J connectivity index is 1.95. The summed E-state index contributed by atoms with van der Waals surface area (Å²) >= 11 is 0. The Labute approximate surface area is 155 Å². The van der Waals surface area contributed by atoms with Crippen LogP contribution in [0.25, 0.3) is 10.8 Å². The molecule has 0 aliphatic heterocycles. The molecule has 3 aromatic rings. The number of aromatic carboxylic acids is 1. The molecule has 28 heavy (non-hydrogen) atoms. The summed E-state index contributed by atoms with van der Waals surface area (Å²) in [6.07, 6.45) is 0. The molecule has 11 nitrogen and oxygen atoms in total. The van der Waals surface area contributed by atoms with Gasteiger partial charge in [0.25, 0.3) is 5.69 Å². The zero-order valence-electron chi connectivity index (χ0n) is 13.9. The number of hydrogen-bond acceptors (Lipinski definition) is 8. The molecule has 0 saturated heterocycles. The maximum atomic E-state index is 11.4. The minimum Gasteiger partial charge on any atom is -0.478 e. The van der Waals surface area contributed by atoms with Gasteiger partial charge in [-0.2, -0.15) is 0 Å². The normalized spacial score (nSPS) is 10.9. The first-order valence-electron chi connectivity index (χ1n) is 7.64. The number of nitro benzene ring substituents is 2. The first-order valence-corrected chi connectivity index (χ1v) is 7.64. The molecule has 3 rings (SSSR count). The second-order valence-corrected chi connectivity index (χ2v) is 5.46. The van der Waals surface area contributed by atoms with E-state index in [1.165, 1.54) is 12.1 Å². The summed E-state index contributed by atoms with van der Waals surface area (Å²) in [5.74, 6) is -1.36. The van der Waals surface area contributed by atoms with Crippen molar-refractivity contribution in [3.63, 3.8) is 0 Å². The van der Waals surface area contributed by atoms with Crippen LogP contribution in [-0.4, -0.2) is 20.9 Å². The van der Waals surface area contributed by atoms with Gasteiger partial charge in [0.2, 0.25) is 0 Å². The van der Waals surface area contributed by atoms with Crippen molar-refractivity contribution in [1.29, 1.82) is 0 Å². The van der Waals surface area contributed by atoms with E-state index in [0.717, 1.165) is 18.2 Å². The number of carbonyl (C=O) groups is 1. The molecular formula is C17H10N4O7. The Morgan fingerprint density at radius 3 is 2.25 bits per heavy atom. The van der Waals surface area contributed by atoms with Gasteiger partial charge in [0.05, 0.1) is 15.9 Å². The smallest absolute Gasteiger partial charge is 0.339 e. The van der Waals surface area contributed by atoms with Crippen molar-refractivity contribution in [2.24, 2.45) is 10.4 Å². The van der Waals surface area contributed by atoms with Crippen molar-refractivity contribution in [2.45, 2.75) is 0 Å². The number of carboxylic acid groups (broad SMARTS) is 1. The number of nitrogens with zero attached hydrogens (tertiary/aromatic N) is 4. The first kappa shape index (κ1) is 18.4. The lowest BCUT2D eigenvalue weighted by Crippen LogP contribution is -2.00. The molecule has 0 aliphatic carbocycles. The minimum absolute atomic E-state index is 0.112. The molecule has 0 fully saturated rings. The summed E-state index contributed by atoms with van der Waals surface area (Å²) in [5, 5.41) is 39.4. The monoisotopic (exact) mass is 382 g/mol. The minimum atomic E-state index is -1.25. The summed E-state index contributed by atoms with van der Waals surface area (Å²) in [7, 11) is 0. The average Bonchev–Trinajstić information content (AvgIpc) is 2.67. The highest BCUT2D eigenvalue weighted by Gasteiger charge is 2.20. The Morgan fingerprint density at radius 2 is 1.64 bits per heavy atom. The van der Waals surface area contributed by atoms with Crippen LogP contribution >= 0.6 is 0 Å². The molecule has 0 spiro atoms. The maximum Gasteiger partial charge on any atom is 0.339 e. The first-order chi connectivity index (χ1) is 13.4. The second kappa shape index (κ2) is 7.45. The van der Waals surface area contributed by atoms with E-state index in [0.29, 0.717) is 10.8 Å². The van der Waals surface area contributed by atoms with Crippen LogP contribution in [0.15, 0.2) is 65.0 Å². The van der Waals surface area contributed by atoms with Crippen molar-refractivity contribution in [3.8, 4) is 5.75 Å². The van der Waals surface area contributed by atoms with Gasteiger partial charge in [-0.3, -0.25) is 20.2 Å². The van der Waals surface area contributed by atoms with Gasteiger partial charge in [-0.15, -0.1) is 5.11 Å². The highest BCUT2D eigenvalue weighted by atomic mass is 16.6. The fourth-order valence-electron chi connectivity index (χ4n) is 2.43. The molecule has 0 aliphatic rings. The Bertz CT molecular complexity index is 1140. The van der Waals surface area contributed by atoms with E-state index < -0.39 is 27.2 Å². The number of benzene rings is 3. The van der Waals surface area contributed by atoms with Gasteiger partial charge in [-0.25, -0.2) is 4.79 Å². The van der Waals surface area contributed by atoms with E-state index in [9.17, 15) is 30.1 Å². The molecule has 0 unspecified atom stereocenters. The van der Waals surface area contributed by atoms with Crippen LogP contribution in [0.1, 0.15) is 10.4 Å². The van der Waals surface area contributed by atoms with Crippen LogP contribution in [0.3, 0.4) is 0 Å². The molecule has 11 heteroatoms. The molecule has 0 bridgehead atoms. The van der Waals surface area contributed by atoms with Crippen molar-refractivity contribution >= 4 is 33.8 Å². The van der Waals surface area contributed by atoms with Crippen LogP contribution in [0.2, 0.25) is 0 Å². The molecule has 0 saturated carbocycles. The molecule has 3 aromatic carbocycles. The van der Waals surface area contributed by atoms with E-state index in [4.69, 9.17) is 4.84 Å². The summed E-state index contributed by atoms with van der Waals surface area (Å²) in [6, 6.07) is 12.6. The molecule has 0 aromatic heterocycles. The Hall–Kier alpha value is -4.41. The van der Waals surface area contributed by atoms with E-state index in [1.807, 2.05) is 0 Å². The molecule has 0 amide bonds. The summed E-state index contributed by atoms with van der Waals surface area (Å²) in [5.41, 5.74) is -1.57. The molecule has 0 radical (unpaired) electrons. The van der Waals surface area contributed by atoms with Gasteiger partial charge in [-0.1, -0.05) is 24.3 Å². The van der Waals surface area contributed by atoms with Gasteiger partial charge in [-0.05, 0) is 29.0 Å². The van der Waals surface area contributed by atoms with Gasteiger partial charge in [0.1, 0.15) is 5.56 Å². The van der Waals surface area contributed by atoms with Crippen molar-refractivity contribution in [2.75, 3.05) is 0 Å².